The maximum atomic E-state index is 14.5. The summed E-state index contributed by atoms with van der Waals surface area (Å²) in [6, 6.07) is 9.56. The highest BCUT2D eigenvalue weighted by molar-refractivity contribution is 6.34. The summed E-state index contributed by atoms with van der Waals surface area (Å²) in [5.74, 6) is -0.572. The van der Waals surface area contributed by atoms with Gasteiger partial charge in [0.25, 0.3) is 5.91 Å². The number of carbonyl (C=O) groups is 3. The lowest BCUT2D eigenvalue weighted by molar-refractivity contribution is -0.141. The number of nitrogens with zero attached hydrogens (tertiary/aromatic N) is 1. The molecule has 42 heavy (non-hydrogen) atoms. The molecule has 0 bridgehead atoms. The first-order chi connectivity index (χ1) is 19.6. The molecule has 2 N–H and O–H groups in total. The predicted octanol–water partition coefficient (Wildman–Crippen LogP) is 8.29. The largest absolute Gasteiger partial charge is 0.444 e. The van der Waals surface area contributed by atoms with E-state index in [1.165, 1.54) is 0 Å². The lowest BCUT2D eigenvalue weighted by Gasteiger charge is -2.35. The Labute approximate surface area is 257 Å². The molecule has 0 heterocycles. The van der Waals surface area contributed by atoms with Crippen molar-refractivity contribution in [1.29, 1.82) is 0 Å². The standard InChI is InChI=1S/C34H50ClN3O4/c1-10-11-12-13-17-38(32(40)28(18-22(2)3)36-33(41)42-34(7,8)9)30(26-20-23(4)19-24(5)21-26)31(39)37-29-25(6)15-14-16-27(29)35/h14-16,19-22,28,30H,10-13,17-18H2,1-9H3,(H,36,41)(H,37,39). The van der Waals surface area contributed by atoms with E-state index in [1.54, 1.807) is 31.7 Å². The summed E-state index contributed by atoms with van der Waals surface area (Å²) in [6.45, 7) is 17.7. The highest BCUT2D eigenvalue weighted by Gasteiger charge is 2.37. The minimum absolute atomic E-state index is 0.107. The van der Waals surface area contributed by atoms with Gasteiger partial charge in [-0.15, -0.1) is 0 Å². The van der Waals surface area contributed by atoms with Crippen LogP contribution in [0.5, 0.6) is 0 Å². The number of aryl methyl sites for hydroxylation is 3. The molecule has 2 aromatic carbocycles. The second-order valence-electron chi connectivity index (χ2n) is 12.7. The molecule has 2 aromatic rings. The van der Waals surface area contributed by atoms with Crippen molar-refractivity contribution in [2.24, 2.45) is 5.92 Å². The van der Waals surface area contributed by atoms with Gasteiger partial charge in [0.1, 0.15) is 17.7 Å². The SMILES string of the molecule is CCCCCCN(C(=O)C(CC(C)C)NC(=O)OC(C)(C)C)C(C(=O)Nc1c(C)cccc1Cl)c1cc(C)cc(C)c1. The van der Waals surface area contributed by atoms with E-state index in [1.807, 2.05) is 65.0 Å². The summed E-state index contributed by atoms with van der Waals surface area (Å²) >= 11 is 6.50. The van der Waals surface area contributed by atoms with Gasteiger partial charge in [0.05, 0.1) is 10.7 Å². The number of halogens is 1. The first kappa shape index (κ1) is 35.1. The Bertz CT molecular complexity index is 1180. The van der Waals surface area contributed by atoms with Gasteiger partial charge in [-0.3, -0.25) is 9.59 Å². The highest BCUT2D eigenvalue weighted by atomic mass is 35.5. The van der Waals surface area contributed by atoms with Crippen LogP contribution in [0.1, 0.15) is 102 Å². The quantitative estimate of drug-likeness (QED) is 0.227. The van der Waals surface area contributed by atoms with Gasteiger partial charge in [-0.2, -0.15) is 0 Å². The fourth-order valence-electron chi connectivity index (χ4n) is 5.04. The van der Waals surface area contributed by atoms with E-state index >= 15 is 0 Å². The summed E-state index contributed by atoms with van der Waals surface area (Å²) in [4.78, 5) is 43.2. The monoisotopic (exact) mass is 599 g/mol. The molecular formula is C34H50ClN3O4. The lowest BCUT2D eigenvalue weighted by Crippen LogP contribution is -2.53. The number of para-hydroxylation sites is 1. The van der Waals surface area contributed by atoms with E-state index in [4.69, 9.17) is 16.3 Å². The minimum atomic E-state index is -0.941. The zero-order valence-electron chi connectivity index (χ0n) is 26.9. The molecule has 0 aromatic heterocycles. The Balaban J connectivity index is 2.63. The molecule has 2 atom stereocenters. The molecule has 0 aliphatic carbocycles. The number of nitrogens with one attached hydrogen (secondary N) is 2. The van der Waals surface area contributed by atoms with E-state index in [-0.39, 0.29) is 17.7 Å². The summed E-state index contributed by atoms with van der Waals surface area (Å²) in [7, 11) is 0. The van der Waals surface area contributed by atoms with Crippen LogP contribution >= 0.6 is 11.6 Å². The zero-order chi connectivity index (χ0) is 31.6. The number of carbonyl (C=O) groups excluding carboxylic acids is 3. The van der Waals surface area contributed by atoms with Crippen LogP contribution in [-0.2, 0) is 14.3 Å². The molecule has 0 saturated carbocycles. The molecule has 0 aliphatic heterocycles. The van der Waals surface area contributed by atoms with Gasteiger partial charge in [-0.05, 0) is 77.5 Å². The van der Waals surface area contributed by atoms with Crippen LogP contribution in [0.2, 0.25) is 5.02 Å². The van der Waals surface area contributed by atoms with Gasteiger partial charge >= 0.3 is 6.09 Å². The van der Waals surface area contributed by atoms with Gasteiger partial charge < -0.3 is 20.3 Å². The van der Waals surface area contributed by atoms with Crippen molar-refractivity contribution < 1.29 is 19.1 Å². The third-order valence-electron chi connectivity index (χ3n) is 6.82. The number of anilines is 1. The van der Waals surface area contributed by atoms with Crippen molar-refractivity contribution in [1.82, 2.24) is 10.2 Å². The van der Waals surface area contributed by atoms with Crippen molar-refractivity contribution >= 4 is 35.2 Å². The van der Waals surface area contributed by atoms with E-state index in [0.29, 0.717) is 29.2 Å². The molecule has 0 saturated heterocycles. The first-order valence-corrected chi connectivity index (χ1v) is 15.4. The van der Waals surface area contributed by atoms with Crippen LogP contribution in [0.4, 0.5) is 10.5 Å². The van der Waals surface area contributed by atoms with E-state index in [0.717, 1.165) is 42.4 Å². The van der Waals surface area contributed by atoms with Crippen molar-refractivity contribution in [2.75, 3.05) is 11.9 Å². The maximum absolute atomic E-state index is 14.5. The number of hydrogen-bond donors (Lipinski definition) is 2. The number of alkyl carbamates (subject to hydrolysis) is 1. The van der Waals surface area contributed by atoms with Crippen molar-refractivity contribution in [3.63, 3.8) is 0 Å². The van der Waals surface area contributed by atoms with Gasteiger partial charge in [0, 0.05) is 6.54 Å². The summed E-state index contributed by atoms with van der Waals surface area (Å²) < 4.78 is 5.51. The minimum Gasteiger partial charge on any atom is -0.444 e. The molecule has 2 unspecified atom stereocenters. The average Bonchev–Trinajstić information content (AvgIpc) is 2.85. The van der Waals surface area contributed by atoms with Gasteiger partial charge in [0.2, 0.25) is 5.91 Å². The number of benzene rings is 2. The van der Waals surface area contributed by atoms with Crippen molar-refractivity contribution in [3.05, 3.63) is 63.7 Å². The zero-order valence-corrected chi connectivity index (χ0v) is 27.7. The number of ether oxygens (including phenoxy) is 1. The smallest absolute Gasteiger partial charge is 0.408 e. The van der Waals surface area contributed by atoms with Crippen molar-refractivity contribution in [2.45, 2.75) is 112 Å². The number of amides is 3. The van der Waals surface area contributed by atoms with Crippen LogP contribution in [-0.4, -0.2) is 41.0 Å². The molecule has 0 aliphatic rings. The predicted molar refractivity (Wildman–Crippen MR) is 172 cm³/mol. The third kappa shape index (κ3) is 11.0. The molecular weight excluding hydrogens is 550 g/mol. The second-order valence-corrected chi connectivity index (χ2v) is 13.1. The molecule has 0 spiro atoms. The van der Waals surface area contributed by atoms with Gasteiger partial charge in [-0.25, -0.2) is 4.79 Å². The van der Waals surface area contributed by atoms with Crippen LogP contribution < -0.4 is 10.6 Å². The fourth-order valence-corrected chi connectivity index (χ4v) is 5.31. The Morgan fingerprint density at radius 2 is 1.62 bits per heavy atom. The second kappa shape index (κ2) is 16.0. The first-order valence-electron chi connectivity index (χ1n) is 15.1. The third-order valence-corrected chi connectivity index (χ3v) is 7.14. The highest BCUT2D eigenvalue weighted by Crippen LogP contribution is 2.31. The Kier molecular flexibility index (Phi) is 13.4. The van der Waals surface area contributed by atoms with E-state index in [2.05, 4.69) is 17.6 Å². The topological polar surface area (TPSA) is 87.7 Å². The molecule has 0 radical (unpaired) electrons. The number of unbranched alkanes of at least 4 members (excludes halogenated alkanes) is 3. The van der Waals surface area contributed by atoms with Gasteiger partial charge in [0.15, 0.2) is 0 Å². The Morgan fingerprint density at radius 3 is 2.17 bits per heavy atom. The molecule has 232 valence electrons. The Morgan fingerprint density at radius 1 is 0.976 bits per heavy atom. The summed E-state index contributed by atoms with van der Waals surface area (Å²) in [6.07, 6.45) is 3.43. The fraction of sp³-hybridized carbons (Fsp3) is 0.559. The number of hydrogen-bond acceptors (Lipinski definition) is 4. The van der Waals surface area contributed by atoms with Gasteiger partial charge in [-0.1, -0.05) is 93.1 Å². The normalized spacial score (nSPS) is 12.9. The average molecular weight is 600 g/mol. The summed E-state index contributed by atoms with van der Waals surface area (Å²) in [5.41, 5.74) is 3.30. The lowest BCUT2D eigenvalue weighted by atomic mass is 9.96. The Hall–Kier alpha value is -3.06. The molecule has 7 nitrogen and oxygen atoms in total. The van der Waals surface area contributed by atoms with E-state index < -0.39 is 23.8 Å². The molecule has 2 rings (SSSR count). The van der Waals surface area contributed by atoms with Crippen LogP contribution in [0.3, 0.4) is 0 Å². The maximum Gasteiger partial charge on any atom is 0.408 e. The van der Waals surface area contributed by atoms with Crippen LogP contribution in [0.25, 0.3) is 0 Å². The van der Waals surface area contributed by atoms with Crippen LogP contribution in [0, 0.1) is 26.7 Å². The molecule has 8 heteroatoms. The number of rotatable bonds is 13. The molecule has 0 fully saturated rings. The van der Waals surface area contributed by atoms with Crippen molar-refractivity contribution in [3.8, 4) is 0 Å². The molecule has 3 amide bonds. The summed E-state index contributed by atoms with van der Waals surface area (Å²) in [5, 5.41) is 6.27. The van der Waals surface area contributed by atoms with E-state index in [9.17, 15) is 14.4 Å². The van der Waals surface area contributed by atoms with Crippen LogP contribution in [0.15, 0.2) is 36.4 Å².